The molecule has 0 atom stereocenters. The molecule has 488 valence electrons. The summed E-state index contributed by atoms with van der Waals surface area (Å²) in [6.07, 6.45) is 36.9. The quantitative estimate of drug-likeness (QED) is 0.0208. The van der Waals surface area contributed by atoms with Gasteiger partial charge >= 0.3 is 23.9 Å². The van der Waals surface area contributed by atoms with Gasteiger partial charge in [-0.2, -0.15) is 0 Å². The van der Waals surface area contributed by atoms with Crippen molar-refractivity contribution in [2.45, 2.75) is 259 Å². The highest BCUT2D eigenvalue weighted by atomic mass is 16.5. The maximum atomic E-state index is 14.0. The number of hydrogen-bond acceptors (Lipinski definition) is 12. The normalized spacial score (nSPS) is 11.9. The lowest BCUT2D eigenvalue weighted by molar-refractivity contribution is 0.0591. The van der Waals surface area contributed by atoms with Gasteiger partial charge in [-0.1, -0.05) is 207 Å². The molecule has 0 saturated carbocycles. The Morgan fingerprint density at radius 2 is 0.398 bits per heavy atom. The average Bonchev–Trinajstić information content (AvgIpc) is 2.52. The zero-order valence-corrected chi connectivity index (χ0v) is 55.8. The molecular weight excluding hydrogens is 1100 g/mol. The second kappa shape index (κ2) is 42.8. The zero-order chi connectivity index (χ0) is 63.1. The molecule has 12 nitrogen and oxygen atoms in total. The number of carbonyl (C=O) groups excluding carboxylic acids is 4. The smallest absolute Gasteiger partial charge is 0.337 e. The van der Waals surface area contributed by atoms with Gasteiger partial charge in [0.1, 0.15) is 23.0 Å². The minimum Gasteiger partial charge on any atom is -0.493 e. The molecule has 0 fully saturated rings. The van der Waals surface area contributed by atoms with Gasteiger partial charge in [0, 0.05) is 25.7 Å². The second-order valence-corrected chi connectivity index (χ2v) is 24.5. The SMILES string of the molecule is CCCCCCCCCCOc1c2cc(C(=O)OC)cc1Cc1cc(C(=O)OC)cc(c1OCCCCCCCCCC)Cc1cc(C(=O)OC)cc(c1OCCCCCCCCCC)Cc1cc(C(=O)OC)cc(c1OCCCCCCCCCC)C2. The molecule has 5 rings (SSSR count). The first-order chi connectivity index (χ1) is 43.0. The molecule has 1 aliphatic carbocycles. The summed E-state index contributed by atoms with van der Waals surface area (Å²) in [5.41, 5.74) is 6.90. The molecule has 1 aliphatic rings. The first kappa shape index (κ1) is 72.7. The number of unbranched alkanes of at least 4 members (excludes halogenated alkanes) is 28. The fourth-order valence-corrected chi connectivity index (χ4v) is 12.2. The van der Waals surface area contributed by atoms with Gasteiger partial charge in [0.15, 0.2) is 0 Å². The molecule has 8 bridgehead atoms. The van der Waals surface area contributed by atoms with E-state index in [-0.39, 0.29) is 25.7 Å². The van der Waals surface area contributed by atoms with Crippen molar-refractivity contribution in [3.8, 4) is 23.0 Å². The summed E-state index contributed by atoms with van der Waals surface area (Å²) in [6.45, 7) is 10.7. The van der Waals surface area contributed by atoms with E-state index < -0.39 is 23.9 Å². The lowest BCUT2D eigenvalue weighted by Gasteiger charge is -2.24. The van der Waals surface area contributed by atoms with Crippen molar-refractivity contribution in [1.82, 2.24) is 0 Å². The number of hydrogen-bond donors (Lipinski definition) is 0. The van der Waals surface area contributed by atoms with Crippen LogP contribution in [-0.4, -0.2) is 78.7 Å². The third-order valence-electron chi connectivity index (χ3n) is 17.2. The first-order valence-corrected chi connectivity index (χ1v) is 34.5. The third-order valence-corrected chi connectivity index (χ3v) is 17.2. The van der Waals surface area contributed by atoms with Crippen LogP contribution >= 0.6 is 0 Å². The molecular formula is C76H112O12. The Kier molecular flexibility index (Phi) is 35.4. The highest BCUT2D eigenvalue weighted by Gasteiger charge is 2.28. The number of fused-ring (bicyclic) bond motifs is 8. The van der Waals surface area contributed by atoms with E-state index in [0.29, 0.717) is 116 Å². The van der Waals surface area contributed by atoms with Gasteiger partial charge in [-0.15, -0.1) is 0 Å². The molecule has 0 aliphatic heterocycles. The summed E-state index contributed by atoms with van der Waals surface area (Å²) in [5, 5.41) is 0. The Bertz CT molecular complexity index is 2250. The van der Waals surface area contributed by atoms with Gasteiger partial charge in [0.25, 0.3) is 0 Å². The molecule has 0 aromatic heterocycles. The van der Waals surface area contributed by atoms with Gasteiger partial charge in [-0.05, 0) is 119 Å². The van der Waals surface area contributed by atoms with Gasteiger partial charge in [0.2, 0.25) is 0 Å². The van der Waals surface area contributed by atoms with Crippen LogP contribution in [0.2, 0.25) is 0 Å². The number of rotatable bonds is 44. The van der Waals surface area contributed by atoms with Gasteiger partial charge in [-0.3, -0.25) is 0 Å². The highest BCUT2D eigenvalue weighted by molar-refractivity contribution is 5.93. The largest absolute Gasteiger partial charge is 0.493 e. The topological polar surface area (TPSA) is 142 Å². The summed E-state index contributed by atoms with van der Waals surface area (Å²) >= 11 is 0. The minimum atomic E-state index is -0.517. The predicted octanol–water partition coefficient (Wildman–Crippen LogP) is 19.6. The summed E-state index contributed by atoms with van der Waals surface area (Å²) in [6, 6.07) is 14.7. The molecule has 0 unspecified atom stereocenters. The highest BCUT2D eigenvalue weighted by Crippen LogP contribution is 2.42. The van der Waals surface area contributed by atoms with Crippen LogP contribution in [0.5, 0.6) is 23.0 Å². The van der Waals surface area contributed by atoms with E-state index in [1.54, 1.807) is 0 Å². The number of methoxy groups -OCH3 is 4. The van der Waals surface area contributed by atoms with Gasteiger partial charge < -0.3 is 37.9 Å². The van der Waals surface area contributed by atoms with E-state index in [1.807, 2.05) is 48.5 Å². The van der Waals surface area contributed by atoms with Crippen LogP contribution in [0.3, 0.4) is 0 Å². The molecule has 0 spiro atoms. The van der Waals surface area contributed by atoms with Gasteiger partial charge in [0.05, 0.1) is 77.1 Å². The summed E-state index contributed by atoms with van der Waals surface area (Å²) in [7, 11) is 5.53. The lowest BCUT2D eigenvalue weighted by atomic mass is 9.88. The van der Waals surface area contributed by atoms with Crippen molar-refractivity contribution in [2.24, 2.45) is 0 Å². The van der Waals surface area contributed by atoms with Crippen LogP contribution in [0.15, 0.2) is 48.5 Å². The molecule has 0 heterocycles. The first-order valence-electron chi connectivity index (χ1n) is 34.5. The van der Waals surface area contributed by atoms with Crippen LogP contribution in [-0.2, 0) is 44.6 Å². The molecule has 0 amide bonds. The number of esters is 4. The molecule has 88 heavy (non-hydrogen) atoms. The van der Waals surface area contributed by atoms with Crippen molar-refractivity contribution in [3.63, 3.8) is 0 Å². The molecule has 0 radical (unpaired) electrons. The number of carbonyl (C=O) groups is 4. The monoisotopic (exact) mass is 1220 g/mol. The molecule has 4 aromatic rings. The Morgan fingerprint density at radius 3 is 0.545 bits per heavy atom. The summed E-state index contributed by atoms with van der Waals surface area (Å²) in [5.74, 6) is 0.339. The zero-order valence-electron chi connectivity index (χ0n) is 55.8. The Labute approximate surface area is 530 Å². The van der Waals surface area contributed by atoms with Crippen molar-refractivity contribution < 1.29 is 57.1 Å². The van der Waals surface area contributed by atoms with E-state index in [1.165, 1.54) is 157 Å². The fourth-order valence-electron chi connectivity index (χ4n) is 12.2. The molecule has 0 N–H and O–H groups in total. The Morgan fingerprint density at radius 1 is 0.250 bits per heavy atom. The van der Waals surface area contributed by atoms with Crippen LogP contribution in [0.1, 0.15) is 319 Å². The average molecular weight is 1220 g/mol. The summed E-state index contributed by atoms with van der Waals surface area (Å²) < 4.78 is 50.2. The molecule has 12 heteroatoms. The minimum absolute atomic E-state index is 0.194. The van der Waals surface area contributed by atoms with E-state index in [9.17, 15) is 19.2 Å². The van der Waals surface area contributed by atoms with Crippen molar-refractivity contribution >= 4 is 23.9 Å². The van der Waals surface area contributed by atoms with Gasteiger partial charge in [-0.25, -0.2) is 19.2 Å². The molecule has 0 saturated heterocycles. The lowest BCUT2D eigenvalue weighted by Crippen LogP contribution is -2.14. The van der Waals surface area contributed by atoms with Crippen molar-refractivity contribution in [1.29, 1.82) is 0 Å². The van der Waals surface area contributed by atoms with E-state index in [2.05, 4.69) is 27.7 Å². The van der Waals surface area contributed by atoms with Crippen molar-refractivity contribution in [2.75, 3.05) is 54.9 Å². The van der Waals surface area contributed by atoms with E-state index >= 15 is 0 Å². The maximum absolute atomic E-state index is 14.0. The number of benzene rings is 4. The number of ether oxygens (including phenoxy) is 8. The Balaban J connectivity index is 1.81. The van der Waals surface area contributed by atoms with E-state index in [4.69, 9.17) is 37.9 Å². The van der Waals surface area contributed by atoms with Crippen LogP contribution in [0.4, 0.5) is 0 Å². The fraction of sp³-hybridized carbons (Fsp3) is 0.632. The van der Waals surface area contributed by atoms with Crippen LogP contribution < -0.4 is 18.9 Å². The summed E-state index contributed by atoms with van der Waals surface area (Å²) in [4.78, 5) is 56.1. The van der Waals surface area contributed by atoms with Crippen LogP contribution in [0, 0.1) is 0 Å². The van der Waals surface area contributed by atoms with Crippen molar-refractivity contribution in [3.05, 3.63) is 115 Å². The predicted molar refractivity (Wildman–Crippen MR) is 355 cm³/mol. The Hall–Kier alpha value is -6.04. The standard InChI is InChI=1S/C76H112O12/c1-9-13-17-21-25-29-33-37-41-85-69-57-45-59-51-66(74(78)82-6)53-61(70(59)86-42-38-34-30-26-22-18-14-10-2)47-63-55-68(76(80)84-8)56-64(72(63)88-44-40-36-32-28-24-20-16-12-4)48-62-54-67(75(79)83-7)52-60(46-58(69)50-65(49-57)73(77)81-5)71(62)87-43-39-35-31-27-23-19-15-11-3/h49-56H,9-48H2,1-8H3. The van der Waals surface area contributed by atoms with E-state index in [0.717, 1.165) is 77.0 Å². The third kappa shape index (κ3) is 24.7. The van der Waals surface area contributed by atoms with Crippen LogP contribution in [0.25, 0.3) is 0 Å². The molecule has 4 aromatic carbocycles. The maximum Gasteiger partial charge on any atom is 0.337 e. The second-order valence-electron chi connectivity index (χ2n) is 24.5.